The van der Waals surface area contributed by atoms with Crippen LogP contribution in [0, 0.1) is 11.3 Å². The number of hydrogen-bond acceptors (Lipinski definition) is 5. The molecule has 0 saturated heterocycles. The van der Waals surface area contributed by atoms with Gasteiger partial charge in [-0.25, -0.2) is 9.78 Å². The van der Waals surface area contributed by atoms with Crippen molar-refractivity contribution in [3.63, 3.8) is 0 Å². The summed E-state index contributed by atoms with van der Waals surface area (Å²) in [5.41, 5.74) is 1.04. The molecular weight excluding hydrogens is 226 g/mol. The standard InChI is InChI=1S/C10H5N3O2S/c11-4-7-3-6(1-2-12-7)9-8(10(14)15)5-13-16-9/h1-3,5H,(H,14,15). The predicted octanol–water partition coefficient (Wildman–Crippen LogP) is 1.77. The van der Waals surface area contributed by atoms with Crippen LogP contribution in [0.3, 0.4) is 0 Å². The van der Waals surface area contributed by atoms with Crippen LogP contribution in [-0.4, -0.2) is 20.4 Å². The van der Waals surface area contributed by atoms with Crippen LogP contribution >= 0.6 is 11.5 Å². The van der Waals surface area contributed by atoms with E-state index in [9.17, 15) is 4.79 Å². The Hall–Kier alpha value is -2.26. The molecule has 0 aromatic carbocycles. The van der Waals surface area contributed by atoms with E-state index in [4.69, 9.17) is 10.4 Å². The maximum absolute atomic E-state index is 10.9. The SMILES string of the molecule is N#Cc1cc(-c2sncc2C(=O)O)ccn1. The van der Waals surface area contributed by atoms with Crippen molar-refractivity contribution < 1.29 is 9.90 Å². The third kappa shape index (κ3) is 1.76. The van der Waals surface area contributed by atoms with Crippen molar-refractivity contribution in [2.24, 2.45) is 0 Å². The third-order valence-electron chi connectivity index (χ3n) is 1.94. The molecule has 0 unspecified atom stereocenters. The number of rotatable bonds is 2. The van der Waals surface area contributed by atoms with Gasteiger partial charge in [-0.2, -0.15) is 9.64 Å². The van der Waals surface area contributed by atoms with E-state index >= 15 is 0 Å². The number of carboxylic acid groups (broad SMARTS) is 1. The zero-order valence-corrected chi connectivity index (χ0v) is 8.73. The number of nitriles is 1. The minimum atomic E-state index is -1.03. The maximum Gasteiger partial charge on any atom is 0.338 e. The van der Waals surface area contributed by atoms with Crippen LogP contribution in [0.15, 0.2) is 24.5 Å². The van der Waals surface area contributed by atoms with Gasteiger partial charge in [-0.1, -0.05) is 0 Å². The molecule has 16 heavy (non-hydrogen) atoms. The van der Waals surface area contributed by atoms with Gasteiger partial charge in [0.25, 0.3) is 0 Å². The summed E-state index contributed by atoms with van der Waals surface area (Å²) in [7, 11) is 0. The molecule has 0 radical (unpaired) electrons. The highest BCUT2D eigenvalue weighted by Gasteiger charge is 2.14. The Bertz CT molecular complexity index is 586. The zero-order chi connectivity index (χ0) is 11.5. The maximum atomic E-state index is 10.9. The Morgan fingerprint density at radius 2 is 2.38 bits per heavy atom. The normalized spacial score (nSPS) is 9.69. The Kier molecular flexibility index (Phi) is 2.62. The lowest BCUT2D eigenvalue weighted by molar-refractivity contribution is 0.0698. The molecule has 0 fully saturated rings. The molecule has 0 bridgehead atoms. The number of aromatic carboxylic acids is 1. The van der Waals surface area contributed by atoms with Gasteiger partial charge in [-0.3, -0.25) is 0 Å². The molecule has 6 heteroatoms. The molecule has 2 aromatic rings. The molecule has 0 saturated carbocycles. The lowest BCUT2D eigenvalue weighted by Crippen LogP contribution is -1.95. The highest BCUT2D eigenvalue weighted by atomic mass is 32.1. The van der Waals surface area contributed by atoms with Crippen molar-refractivity contribution in [3.8, 4) is 16.5 Å². The molecule has 2 aromatic heterocycles. The summed E-state index contributed by atoms with van der Waals surface area (Å²) in [6.45, 7) is 0. The molecule has 0 aliphatic heterocycles. The summed E-state index contributed by atoms with van der Waals surface area (Å²) in [6, 6.07) is 5.10. The topological polar surface area (TPSA) is 86.9 Å². The molecule has 0 aliphatic carbocycles. The number of hydrogen-bond donors (Lipinski definition) is 1. The van der Waals surface area contributed by atoms with E-state index in [-0.39, 0.29) is 11.3 Å². The van der Waals surface area contributed by atoms with Crippen LogP contribution in [0.1, 0.15) is 16.1 Å². The van der Waals surface area contributed by atoms with Crippen LogP contribution < -0.4 is 0 Å². The van der Waals surface area contributed by atoms with E-state index in [2.05, 4.69) is 9.36 Å². The third-order valence-corrected chi connectivity index (χ3v) is 2.79. The highest BCUT2D eigenvalue weighted by molar-refractivity contribution is 7.10. The van der Waals surface area contributed by atoms with E-state index in [0.29, 0.717) is 10.4 Å². The summed E-state index contributed by atoms with van der Waals surface area (Å²) in [6.07, 6.45) is 2.77. The molecule has 0 amide bonds. The molecule has 1 N–H and O–H groups in total. The molecule has 2 rings (SSSR count). The molecule has 5 nitrogen and oxygen atoms in total. The van der Waals surface area contributed by atoms with Crippen LogP contribution in [0.2, 0.25) is 0 Å². The van der Waals surface area contributed by atoms with E-state index in [0.717, 1.165) is 11.5 Å². The first kappa shape index (κ1) is 10.3. The first-order chi connectivity index (χ1) is 7.72. The minimum absolute atomic E-state index is 0.139. The first-order valence-electron chi connectivity index (χ1n) is 4.27. The van der Waals surface area contributed by atoms with E-state index in [1.807, 2.05) is 6.07 Å². The monoisotopic (exact) mass is 231 g/mol. The average molecular weight is 231 g/mol. The average Bonchev–Trinajstić information content (AvgIpc) is 2.78. The van der Waals surface area contributed by atoms with E-state index in [1.165, 1.54) is 12.4 Å². The van der Waals surface area contributed by atoms with Gasteiger partial charge in [-0.05, 0) is 29.2 Å². The molecule has 0 atom stereocenters. The number of nitrogens with zero attached hydrogens (tertiary/aromatic N) is 3. The second kappa shape index (κ2) is 4.08. The van der Waals surface area contributed by atoms with Gasteiger partial charge >= 0.3 is 5.97 Å². The Morgan fingerprint density at radius 3 is 3.06 bits per heavy atom. The number of pyridine rings is 1. The number of aromatic nitrogens is 2. The van der Waals surface area contributed by atoms with E-state index in [1.54, 1.807) is 12.1 Å². The van der Waals surface area contributed by atoms with Crippen molar-refractivity contribution in [1.82, 2.24) is 9.36 Å². The smallest absolute Gasteiger partial charge is 0.338 e. The van der Waals surface area contributed by atoms with Crippen molar-refractivity contribution >= 4 is 17.5 Å². The van der Waals surface area contributed by atoms with Crippen molar-refractivity contribution in [2.45, 2.75) is 0 Å². The molecule has 78 valence electrons. The van der Waals surface area contributed by atoms with Crippen LogP contribution in [0.25, 0.3) is 10.4 Å². The molecular formula is C10H5N3O2S. The lowest BCUT2D eigenvalue weighted by atomic mass is 10.1. The van der Waals surface area contributed by atoms with Gasteiger partial charge in [0, 0.05) is 6.20 Å². The van der Waals surface area contributed by atoms with Crippen molar-refractivity contribution in [1.29, 1.82) is 5.26 Å². The molecule has 2 heterocycles. The Balaban J connectivity index is 2.55. The Morgan fingerprint density at radius 1 is 1.56 bits per heavy atom. The minimum Gasteiger partial charge on any atom is -0.478 e. The van der Waals surface area contributed by atoms with Crippen LogP contribution in [0.5, 0.6) is 0 Å². The summed E-state index contributed by atoms with van der Waals surface area (Å²) in [4.78, 5) is 15.2. The fourth-order valence-electron chi connectivity index (χ4n) is 1.23. The highest BCUT2D eigenvalue weighted by Crippen LogP contribution is 2.27. The van der Waals surface area contributed by atoms with Gasteiger partial charge in [0.15, 0.2) is 0 Å². The van der Waals surface area contributed by atoms with Crippen molar-refractivity contribution in [2.75, 3.05) is 0 Å². The summed E-state index contributed by atoms with van der Waals surface area (Å²) < 4.78 is 3.83. The number of carboxylic acids is 1. The van der Waals surface area contributed by atoms with Gasteiger partial charge in [-0.15, -0.1) is 0 Å². The number of carbonyl (C=O) groups is 1. The summed E-state index contributed by atoms with van der Waals surface area (Å²) in [5, 5.41) is 17.6. The van der Waals surface area contributed by atoms with Crippen molar-refractivity contribution in [3.05, 3.63) is 35.8 Å². The summed E-state index contributed by atoms with van der Waals surface area (Å²) in [5.74, 6) is -1.03. The van der Waals surface area contributed by atoms with Gasteiger partial charge in [0.2, 0.25) is 0 Å². The fraction of sp³-hybridized carbons (Fsp3) is 0. The molecule has 0 spiro atoms. The van der Waals surface area contributed by atoms with Gasteiger partial charge < -0.3 is 5.11 Å². The second-order valence-corrected chi connectivity index (χ2v) is 3.72. The van der Waals surface area contributed by atoms with Gasteiger partial charge in [0.1, 0.15) is 11.8 Å². The first-order valence-corrected chi connectivity index (χ1v) is 5.04. The van der Waals surface area contributed by atoms with E-state index < -0.39 is 5.97 Å². The van der Waals surface area contributed by atoms with Gasteiger partial charge in [0.05, 0.1) is 16.6 Å². The Labute approximate surface area is 94.8 Å². The quantitative estimate of drug-likeness (QED) is 0.851. The zero-order valence-electron chi connectivity index (χ0n) is 7.91. The van der Waals surface area contributed by atoms with Crippen LogP contribution in [0.4, 0.5) is 0 Å². The largest absolute Gasteiger partial charge is 0.478 e. The summed E-state index contributed by atoms with van der Waals surface area (Å²) >= 11 is 1.08. The second-order valence-electron chi connectivity index (χ2n) is 2.92. The van der Waals surface area contributed by atoms with Crippen LogP contribution in [-0.2, 0) is 0 Å². The lowest BCUT2D eigenvalue weighted by Gasteiger charge is -1.98. The fourth-order valence-corrected chi connectivity index (χ4v) is 1.97. The molecule has 0 aliphatic rings. The predicted molar refractivity (Wildman–Crippen MR) is 57.0 cm³/mol.